The fourth-order valence-corrected chi connectivity index (χ4v) is 3.73. The molecule has 1 aliphatic carbocycles. The zero-order chi connectivity index (χ0) is 13.0. The summed E-state index contributed by atoms with van der Waals surface area (Å²) in [6.07, 6.45) is 8.67. The molecule has 1 aliphatic heterocycles. The maximum Gasteiger partial charge on any atom is 0.0244 e. The summed E-state index contributed by atoms with van der Waals surface area (Å²) in [6, 6.07) is 1.48. The van der Waals surface area contributed by atoms with E-state index in [1.165, 1.54) is 58.2 Å². The molecule has 0 amide bonds. The van der Waals surface area contributed by atoms with E-state index in [2.05, 4.69) is 31.0 Å². The first kappa shape index (κ1) is 14.3. The molecule has 0 spiro atoms. The molecule has 18 heavy (non-hydrogen) atoms. The van der Waals surface area contributed by atoms with Gasteiger partial charge in [-0.2, -0.15) is 0 Å². The Bertz CT molecular complexity index is 233. The van der Waals surface area contributed by atoms with Crippen molar-refractivity contribution in [2.75, 3.05) is 19.6 Å². The molecule has 2 fully saturated rings. The molecule has 2 nitrogen and oxygen atoms in total. The fraction of sp³-hybridized carbons (Fsp3) is 1.00. The van der Waals surface area contributed by atoms with Gasteiger partial charge >= 0.3 is 0 Å². The second kappa shape index (κ2) is 6.91. The predicted octanol–water partition coefficient (Wildman–Crippen LogP) is 3.28. The Labute approximate surface area is 114 Å². The molecule has 2 rings (SSSR count). The third kappa shape index (κ3) is 3.71. The van der Waals surface area contributed by atoms with Gasteiger partial charge in [-0.25, -0.2) is 0 Å². The lowest BCUT2D eigenvalue weighted by molar-refractivity contribution is 0.0910. The molecular formula is C16H32N2. The van der Waals surface area contributed by atoms with Crippen molar-refractivity contribution in [1.29, 1.82) is 0 Å². The Morgan fingerprint density at radius 2 is 1.94 bits per heavy atom. The first-order chi connectivity index (χ1) is 8.70. The minimum Gasteiger partial charge on any atom is -0.311 e. The van der Waals surface area contributed by atoms with Crippen molar-refractivity contribution < 1.29 is 0 Å². The van der Waals surface area contributed by atoms with Gasteiger partial charge in [-0.15, -0.1) is 0 Å². The van der Waals surface area contributed by atoms with Crippen LogP contribution in [0.3, 0.4) is 0 Å². The zero-order valence-electron chi connectivity index (χ0n) is 12.6. The molecule has 1 heterocycles. The fourth-order valence-electron chi connectivity index (χ4n) is 3.73. The summed E-state index contributed by atoms with van der Waals surface area (Å²) in [5, 5.41) is 3.72. The molecular weight excluding hydrogens is 220 g/mol. The topological polar surface area (TPSA) is 15.3 Å². The van der Waals surface area contributed by atoms with Crippen molar-refractivity contribution in [3.05, 3.63) is 0 Å². The van der Waals surface area contributed by atoms with Crippen molar-refractivity contribution >= 4 is 0 Å². The summed E-state index contributed by atoms with van der Waals surface area (Å²) in [5.41, 5.74) is 0. The van der Waals surface area contributed by atoms with Crippen LogP contribution < -0.4 is 5.32 Å². The summed E-state index contributed by atoms with van der Waals surface area (Å²) >= 11 is 0. The molecule has 2 aliphatic rings. The number of nitrogens with one attached hydrogen (secondary N) is 1. The van der Waals surface area contributed by atoms with Gasteiger partial charge in [-0.05, 0) is 31.2 Å². The van der Waals surface area contributed by atoms with Crippen LogP contribution in [0.25, 0.3) is 0 Å². The van der Waals surface area contributed by atoms with E-state index in [-0.39, 0.29) is 0 Å². The molecule has 106 valence electrons. The molecule has 1 N–H and O–H groups in total. The van der Waals surface area contributed by atoms with Crippen molar-refractivity contribution in [2.45, 2.75) is 71.4 Å². The van der Waals surface area contributed by atoms with Crippen LogP contribution >= 0.6 is 0 Å². The summed E-state index contributed by atoms with van der Waals surface area (Å²) < 4.78 is 0. The summed E-state index contributed by atoms with van der Waals surface area (Å²) in [5.74, 6) is 1.81. The summed E-state index contributed by atoms with van der Waals surface area (Å²) in [7, 11) is 0. The van der Waals surface area contributed by atoms with E-state index in [9.17, 15) is 0 Å². The van der Waals surface area contributed by atoms with E-state index in [4.69, 9.17) is 0 Å². The van der Waals surface area contributed by atoms with Gasteiger partial charge < -0.3 is 5.32 Å². The van der Waals surface area contributed by atoms with Crippen LogP contribution in [0.15, 0.2) is 0 Å². The second-order valence-electron chi connectivity index (χ2n) is 6.76. The molecule has 2 atom stereocenters. The van der Waals surface area contributed by atoms with E-state index in [0.29, 0.717) is 0 Å². The highest BCUT2D eigenvalue weighted by atomic mass is 15.2. The van der Waals surface area contributed by atoms with Crippen LogP contribution in [0.2, 0.25) is 0 Å². The predicted molar refractivity (Wildman–Crippen MR) is 78.9 cm³/mol. The lowest BCUT2D eigenvalue weighted by Gasteiger charge is -2.42. The van der Waals surface area contributed by atoms with Crippen LogP contribution in [0.1, 0.15) is 59.3 Å². The Hall–Kier alpha value is -0.0800. The van der Waals surface area contributed by atoms with Gasteiger partial charge in [0.25, 0.3) is 0 Å². The molecule has 2 heteroatoms. The van der Waals surface area contributed by atoms with Crippen molar-refractivity contribution in [1.82, 2.24) is 10.2 Å². The molecule has 1 saturated carbocycles. The largest absolute Gasteiger partial charge is 0.311 e. The van der Waals surface area contributed by atoms with Gasteiger partial charge in [-0.3, -0.25) is 4.90 Å². The van der Waals surface area contributed by atoms with Gasteiger partial charge in [0, 0.05) is 25.2 Å². The van der Waals surface area contributed by atoms with Gasteiger partial charge in [0.15, 0.2) is 0 Å². The molecule has 0 radical (unpaired) electrons. The third-order valence-corrected chi connectivity index (χ3v) is 5.10. The van der Waals surface area contributed by atoms with Gasteiger partial charge in [0.05, 0.1) is 0 Å². The summed E-state index contributed by atoms with van der Waals surface area (Å²) in [4.78, 5) is 2.79. The highest BCUT2D eigenvalue weighted by Crippen LogP contribution is 2.28. The lowest BCUT2D eigenvalue weighted by Crippen LogP contribution is -2.58. The zero-order valence-corrected chi connectivity index (χ0v) is 12.6. The number of rotatable bonds is 5. The maximum atomic E-state index is 3.72. The molecule has 0 aromatic carbocycles. The standard InChI is InChI=1S/C16H32N2/c1-4-15-12-18(16(11-17-15)13(2)3)10-9-14-7-5-6-8-14/h13-17H,4-12H2,1-3H3. The van der Waals surface area contributed by atoms with E-state index in [1.54, 1.807) is 0 Å². The van der Waals surface area contributed by atoms with Gasteiger partial charge in [-0.1, -0.05) is 46.5 Å². The third-order valence-electron chi connectivity index (χ3n) is 5.10. The normalized spacial score (nSPS) is 31.3. The van der Waals surface area contributed by atoms with E-state index in [0.717, 1.165) is 23.9 Å². The Morgan fingerprint density at radius 3 is 2.56 bits per heavy atom. The smallest absolute Gasteiger partial charge is 0.0244 e. The minimum atomic E-state index is 0.726. The van der Waals surface area contributed by atoms with Crippen molar-refractivity contribution in [3.8, 4) is 0 Å². The quantitative estimate of drug-likeness (QED) is 0.808. The van der Waals surface area contributed by atoms with E-state index >= 15 is 0 Å². The molecule has 2 unspecified atom stereocenters. The van der Waals surface area contributed by atoms with Crippen molar-refractivity contribution in [2.24, 2.45) is 11.8 Å². The Kier molecular flexibility index (Phi) is 5.50. The van der Waals surface area contributed by atoms with Crippen LogP contribution in [0.4, 0.5) is 0 Å². The molecule has 0 aromatic rings. The minimum absolute atomic E-state index is 0.726. The van der Waals surface area contributed by atoms with Crippen LogP contribution in [0.5, 0.6) is 0 Å². The molecule has 0 aromatic heterocycles. The van der Waals surface area contributed by atoms with Gasteiger partial charge in [0.2, 0.25) is 0 Å². The van der Waals surface area contributed by atoms with E-state index < -0.39 is 0 Å². The monoisotopic (exact) mass is 252 g/mol. The maximum absolute atomic E-state index is 3.72. The van der Waals surface area contributed by atoms with Crippen LogP contribution in [-0.4, -0.2) is 36.6 Å². The number of nitrogens with zero attached hydrogens (tertiary/aromatic N) is 1. The average molecular weight is 252 g/mol. The first-order valence-corrected chi connectivity index (χ1v) is 8.18. The second-order valence-corrected chi connectivity index (χ2v) is 6.76. The molecule has 1 saturated heterocycles. The van der Waals surface area contributed by atoms with Gasteiger partial charge in [0.1, 0.15) is 0 Å². The average Bonchev–Trinajstić information content (AvgIpc) is 2.88. The highest BCUT2D eigenvalue weighted by Gasteiger charge is 2.29. The van der Waals surface area contributed by atoms with Crippen LogP contribution in [-0.2, 0) is 0 Å². The summed E-state index contributed by atoms with van der Waals surface area (Å²) in [6.45, 7) is 10.9. The Morgan fingerprint density at radius 1 is 1.22 bits per heavy atom. The Balaban J connectivity index is 1.83. The van der Waals surface area contributed by atoms with E-state index in [1.807, 2.05) is 0 Å². The number of hydrogen-bond donors (Lipinski definition) is 1. The highest BCUT2D eigenvalue weighted by molar-refractivity contribution is 4.87. The van der Waals surface area contributed by atoms with Crippen LogP contribution in [0, 0.1) is 11.8 Å². The molecule has 0 bridgehead atoms. The number of piperazine rings is 1. The number of hydrogen-bond acceptors (Lipinski definition) is 2. The first-order valence-electron chi connectivity index (χ1n) is 8.18. The SMILES string of the molecule is CCC1CN(CCC2CCCC2)C(C(C)C)CN1. The van der Waals surface area contributed by atoms with Crippen molar-refractivity contribution in [3.63, 3.8) is 0 Å². The lowest BCUT2D eigenvalue weighted by atomic mass is 9.96.